The third-order valence-corrected chi connectivity index (χ3v) is 6.13. The van der Waals surface area contributed by atoms with Crippen LogP contribution in [0.15, 0.2) is 48.5 Å². The molecule has 0 saturated heterocycles. The Labute approximate surface area is 219 Å². The molecule has 0 amide bonds. The van der Waals surface area contributed by atoms with Gasteiger partial charge in [0.2, 0.25) is 0 Å². The zero-order valence-electron chi connectivity index (χ0n) is 19.9. The number of carbonyl (C=O) groups excluding carboxylic acids is 4. The summed E-state index contributed by atoms with van der Waals surface area (Å²) in [7, 11) is 0. The number of halogens is 2. The highest BCUT2D eigenvalue weighted by atomic mass is 127. The molecule has 0 heterocycles. The number of rotatable bonds is 11. The summed E-state index contributed by atoms with van der Waals surface area (Å²) in [6.45, 7) is 6.75. The predicted molar refractivity (Wildman–Crippen MR) is 141 cm³/mol. The normalized spacial score (nSPS) is 13.1. The molecule has 7 heteroatoms. The fraction of sp³-hybridized carbons (Fsp3) is 0.407. The van der Waals surface area contributed by atoms with Gasteiger partial charge in [-0.2, -0.15) is 0 Å². The van der Waals surface area contributed by atoms with Gasteiger partial charge in [-0.15, -0.1) is 0 Å². The molecular weight excluding hydrogens is 567 g/mol. The van der Waals surface area contributed by atoms with E-state index in [-0.39, 0.29) is 36.2 Å². The molecule has 0 N–H and O–H groups in total. The number of hydrogen-bond acceptors (Lipinski definition) is 5. The van der Waals surface area contributed by atoms with Crippen molar-refractivity contribution in [1.29, 1.82) is 0 Å². The number of benzene rings is 2. The lowest BCUT2D eigenvalue weighted by molar-refractivity contribution is -0.155. The van der Waals surface area contributed by atoms with Crippen LogP contribution in [0.25, 0.3) is 0 Å². The van der Waals surface area contributed by atoms with Crippen LogP contribution in [-0.2, 0) is 19.1 Å². The number of esters is 1. The van der Waals surface area contributed by atoms with Crippen molar-refractivity contribution in [3.8, 4) is 0 Å². The molecule has 0 fully saturated rings. The molecule has 0 aliphatic carbocycles. The minimum atomic E-state index is -1.11. The lowest BCUT2D eigenvalue weighted by atomic mass is 9.75. The van der Waals surface area contributed by atoms with Crippen LogP contribution >= 0.6 is 34.2 Å². The van der Waals surface area contributed by atoms with E-state index >= 15 is 0 Å². The Morgan fingerprint density at radius 3 is 2.15 bits per heavy atom. The summed E-state index contributed by atoms with van der Waals surface area (Å²) in [6.07, 6.45) is 1.18. The first-order valence-electron chi connectivity index (χ1n) is 11.2. The van der Waals surface area contributed by atoms with Gasteiger partial charge in [0.25, 0.3) is 0 Å². The van der Waals surface area contributed by atoms with Crippen molar-refractivity contribution in [2.24, 2.45) is 5.92 Å². The number of Topliss-reactive ketones (excluding diaryl/α,β-unsaturated/α-hetero) is 3. The van der Waals surface area contributed by atoms with E-state index in [4.69, 9.17) is 16.3 Å². The number of hydrogen-bond donors (Lipinski definition) is 0. The molecule has 2 aromatic rings. The minimum Gasteiger partial charge on any atom is -0.460 e. The summed E-state index contributed by atoms with van der Waals surface area (Å²) < 4.78 is 6.19. The van der Waals surface area contributed by atoms with Crippen molar-refractivity contribution in [2.45, 2.75) is 64.9 Å². The van der Waals surface area contributed by atoms with Crippen molar-refractivity contribution in [1.82, 2.24) is 0 Å². The molecule has 0 bridgehead atoms. The van der Waals surface area contributed by atoms with Crippen LogP contribution in [0, 0.1) is 9.49 Å². The molecule has 34 heavy (non-hydrogen) atoms. The Bertz CT molecular complexity index is 1040. The van der Waals surface area contributed by atoms with E-state index in [0.29, 0.717) is 29.0 Å². The molecule has 2 unspecified atom stereocenters. The summed E-state index contributed by atoms with van der Waals surface area (Å²) in [4.78, 5) is 51.4. The molecule has 0 aliphatic heterocycles. The first kappa shape index (κ1) is 28.2. The standard InChI is InChI=1S/C27H30ClIO5/c1-17(30)24(22(31)10-5-6-11-23(32)34-27(2,3)4)25(19-8-7-9-21(29)16-19)26(33)18-12-14-20(28)15-13-18/h7-9,12-16,24-25H,5-6,10-11H2,1-4H3. The number of carbonyl (C=O) groups is 4. The summed E-state index contributed by atoms with van der Waals surface area (Å²) in [5, 5.41) is 0.492. The predicted octanol–water partition coefficient (Wildman–Crippen LogP) is 6.59. The molecule has 0 radical (unpaired) electrons. The van der Waals surface area contributed by atoms with E-state index in [1.165, 1.54) is 6.92 Å². The maximum absolute atomic E-state index is 13.6. The molecule has 2 aromatic carbocycles. The van der Waals surface area contributed by atoms with Gasteiger partial charge in [-0.25, -0.2) is 0 Å². The molecule has 0 spiro atoms. The van der Waals surface area contributed by atoms with E-state index in [0.717, 1.165) is 3.57 Å². The van der Waals surface area contributed by atoms with E-state index < -0.39 is 17.4 Å². The first-order chi connectivity index (χ1) is 15.9. The fourth-order valence-corrected chi connectivity index (χ4v) is 4.45. The second kappa shape index (κ2) is 12.6. The highest BCUT2D eigenvalue weighted by molar-refractivity contribution is 14.1. The van der Waals surface area contributed by atoms with Crippen molar-refractivity contribution < 1.29 is 23.9 Å². The van der Waals surface area contributed by atoms with Gasteiger partial charge in [-0.05, 0) is 105 Å². The van der Waals surface area contributed by atoms with Gasteiger partial charge in [0.05, 0.1) is 11.8 Å². The number of unbranched alkanes of at least 4 members (excludes halogenated alkanes) is 1. The van der Waals surface area contributed by atoms with Crippen LogP contribution in [0.5, 0.6) is 0 Å². The summed E-state index contributed by atoms with van der Waals surface area (Å²) >= 11 is 8.11. The zero-order valence-corrected chi connectivity index (χ0v) is 22.8. The topological polar surface area (TPSA) is 77.5 Å². The maximum atomic E-state index is 13.6. The smallest absolute Gasteiger partial charge is 0.306 e. The Hall–Kier alpha value is -2.06. The van der Waals surface area contributed by atoms with Crippen molar-refractivity contribution in [2.75, 3.05) is 0 Å². The third-order valence-electron chi connectivity index (χ3n) is 5.21. The second-order valence-electron chi connectivity index (χ2n) is 9.25. The molecule has 182 valence electrons. The molecule has 0 aromatic heterocycles. The van der Waals surface area contributed by atoms with Gasteiger partial charge >= 0.3 is 5.97 Å². The monoisotopic (exact) mass is 596 g/mol. The van der Waals surface area contributed by atoms with Gasteiger partial charge in [-0.3, -0.25) is 19.2 Å². The Morgan fingerprint density at radius 1 is 0.971 bits per heavy atom. The summed E-state index contributed by atoms with van der Waals surface area (Å²) in [5.41, 5.74) is 0.445. The SMILES string of the molecule is CC(=O)C(C(=O)CCCCC(=O)OC(C)(C)C)C(C(=O)c1ccc(Cl)cc1)c1cccc(I)c1. The molecule has 2 atom stereocenters. The van der Waals surface area contributed by atoms with Gasteiger partial charge < -0.3 is 4.74 Å². The quantitative estimate of drug-likeness (QED) is 0.0962. The Morgan fingerprint density at radius 2 is 1.59 bits per heavy atom. The molecule has 0 saturated carbocycles. The van der Waals surface area contributed by atoms with Crippen LogP contribution in [0.1, 0.15) is 75.2 Å². The lowest BCUT2D eigenvalue weighted by Crippen LogP contribution is -2.33. The van der Waals surface area contributed by atoms with Crippen LogP contribution in [0.4, 0.5) is 0 Å². The molecule has 5 nitrogen and oxygen atoms in total. The Balaban J connectivity index is 2.24. The lowest BCUT2D eigenvalue weighted by Gasteiger charge is -2.24. The van der Waals surface area contributed by atoms with E-state index in [2.05, 4.69) is 22.6 Å². The van der Waals surface area contributed by atoms with Crippen LogP contribution in [0.2, 0.25) is 5.02 Å². The molecular formula is C27H30ClIO5. The van der Waals surface area contributed by atoms with Crippen LogP contribution in [-0.4, -0.2) is 28.9 Å². The van der Waals surface area contributed by atoms with Crippen molar-refractivity contribution >= 4 is 57.5 Å². The molecule has 2 rings (SSSR count). The fourth-order valence-electron chi connectivity index (χ4n) is 3.75. The van der Waals surface area contributed by atoms with Crippen LogP contribution in [0.3, 0.4) is 0 Å². The highest BCUT2D eigenvalue weighted by Gasteiger charge is 2.38. The number of ether oxygens (including phenoxy) is 1. The largest absolute Gasteiger partial charge is 0.460 e. The second-order valence-corrected chi connectivity index (χ2v) is 10.9. The molecule has 0 aliphatic rings. The first-order valence-corrected chi connectivity index (χ1v) is 12.6. The summed E-state index contributed by atoms with van der Waals surface area (Å²) in [6, 6.07) is 13.7. The average Bonchev–Trinajstić information content (AvgIpc) is 2.73. The van der Waals surface area contributed by atoms with Gasteiger partial charge in [0, 0.05) is 27.0 Å². The van der Waals surface area contributed by atoms with Gasteiger partial charge in [0.15, 0.2) is 5.78 Å². The van der Waals surface area contributed by atoms with Gasteiger partial charge in [0.1, 0.15) is 17.2 Å². The minimum absolute atomic E-state index is 0.0986. The van der Waals surface area contributed by atoms with Crippen LogP contribution < -0.4 is 0 Å². The average molecular weight is 597 g/mol. The van der Waals surface area contributed by atoms with Gasteiger partial charge in [-0.1, -0.05) is 23.7 Å². The van der Waals surface area contributed by atoms with Crippen molar-refractivity contribution in [3.05, 3.63) is 68.3 Å². The number of ketones is 3. The maximum Gasteiger partial charge on any atom is 0.306 e. The van der Waals surface area contributed by atoms with E-state index in [1.54, 1.807) is 51.1 Å². The highest BCUT2D eigenvalue weighted by Crippen LogP contribution is 2.33. The Kier molecular flexibility index (Phi) is 10.4. The van der Waals surface area contributed by atoms with E-state index in [1.807, 2.05) is 18.2 Å². The third kappa shape index (κ3) is 8.62. The summed E-state index contributed by atoms with van der Waals surface area (Å²) in [5.74, 6) is -3.33. The zero-order chi connectivity index (χ0) is 25.5. The van der Waals surface area contributed by atoms with Crippen molar-refractivity contribution in [3.63, 3.8) is 0 Å². The van der Waals surface area contributed by atoms with E-state index in [9.17, 15) is 19.2 Å².